The lowest BCUT2D eigenvalue weighted by atomic mass is 10.1. The zero-order chi connectivity index (χ0) is 14.8. The van der Waals surface area contributed by atoms with Gasteiger partial charge in [0.25, 0.3) is 5.56 Å². The fraction of sp³-hybridized carbons (Fsp3) is 0.214. The Hall–Kier alpha value is -2.34. The van der Waals surface area contributed by atoms with Crippen molar-refractivity contribution in [2.24, 2.45) is 0 Å². The van der Waals surface area contributed by atoms with Crippen LogP contribution in [0.15, 0.2) is 29.2 Å². The normalized spacial score (nSPS) is 11.0. The third-order valence-electron chi connectivity index (χ3n) is 3.28. The quantitative estimate of drug-likeness (QED) is 0.690. The number of fused-ring (bicyclic) bond motifs is 1. The second-order valence-corrected chi connectivity index (χ2v) is 5.21. The first kappa shape index (κ1) is 13.6. The molecule has 0 amide bonds. The SMILES string of the molecule is Cc1nnc(NCCc2c[nH]c3ccc(Cl)cc23)[nH]c1=O. The highest BCUT2D eigenvalue weighted by atomic mass is 35.5. The van der Waals surface area contributed by atoms with Crippen LogP contribution in [0, 0.1) is 6.92 Å². The largest absolute Gasteiger partial charge is 0.361 e. The molecule has 0 aliphatic carbocycles. The number of anilines is 1. The molecular formula is C14H14ClN5O. The average Bonchev–Trinajstić information content (AvgIpc) is 2.85. The Bertz CT molecular complexity index is 839. The third kappa shape index (κ3) is 2.90. The van der Waals surface area contributed by atoms with E-state index in [0.29, 0.717) is 23.2 Å². The Kier molecular flexibility index (Phi) is 3.62. The van der Waals surface area contributed by atoms with Gasteiger partial charge in [-0.3, -0.25) is 9.78 Å². The molecule has 0 unspecified atom stereocenters. The summed E-state index contributed by atoms with van der Waals surface area (Å²) in [6.45, 7) is 2.25. The van der Waals surface area contributed by atoms with Gasteiger partial charge in [0.05, 0.1) is 0 Å². The molecule has 0 atom stereocenters. The van der Waals surface area contributed by atoms with Gasteiger partial charge in [0.2, 0.25) is 5.95 Å². The number of nitrogens with one attached hydrogen (secondary N) is 3. The second kappa shape index (κ2) is 5.57. The standard InChI is InChI=1S/C14H14ClN5O/c1-8-13(21)18-14(20-19-8)16-5-4-9-7-17-12-3-2-10(15)6-11(9)12/h2-3,6-7,17H,4-5H2,1H3,(H2,16,18,20,21). The summed E-state index contributed by atoms with van der Waals surface area (Å²) in [5.74, 6) is 0.378. The summed E-state index contributed by atoms with van der Waals surface area (Å²) in [6.07, 6.45) is 2.74. The van der Waals surface area contributed by atoms with E-state index in [1.807, 2.05) is 24.4 Å². The molecule has 7 heteroatoms. The van der Waals surface area contributed by atoms with Crippen molar-refractivity contribution in [3.8, 4) is 0 Å². The minimum atomic E-state index is -0.230. The van der Waals surface area contributed by atoms with E-state index in [2.05, 4.69) is 25.5 Å². The van der Waals surface area contributed by atoms with Gasteiger partial charge in [-0.25, -0.2) is 0 Å². The van der Waals surface area contributed by atoms with E-state index in [4.69, 9.17) is 11.6 Å². The van der Waals surface area contributed by atoms with Gasteiger partial charge in [0, 0.05) is 28.7 Å². The van der Waals surface area contributed by atoms with E-state index < -0.39 is 0 Å². The van der Waals surface area contributed by atoms with Crippen molar-refractivity contribution in [2.75, 3.05) is 11.9 Å². The van der Waals surface area contributed by atoms with Crippen molar-refractivity contribution in [1.29, 1.82) is 0 Å². The molecule has 0 saturated heterocycles. The van der Waals surface area contributed by atoms with Crippen LogP contribution in [0.1, 0.15) is 11.3 Å². The molecule has 3 aromatic rings. The molecule has 0 aliphatic heterocycles. The molecule has 3 N–H and O–H groups in total. The van der Waals surface area contributed by atoms with Crippen LogP contribution in [0.2, 0.25) is 5.02 Å². The van der Waals surface area contributed by atoms with Crippen molar-refractivity contribution < 1.29 is 0 Å². The van der Waals surface area contributed by atoms with Gasteiger partial charge in [0.15, 0.2) is 0 Å². The van der Waals surface area contributed by atoms with Crippen LogP contribution in [0.3, 0.4) is 0 Å². The molecule has 108 valence electrons. The maximum absolute atomic E-state index is 11.4. The molecule has 6 nitrogen and oxygen atoms in total. The highest BCUT2D eigenvalue weighted by molar-refractivity contribution is 6.31. The van der Waals surface area contributed by atoms with Crippen LogP contribution in [-0.2, 0) is 6.42 Å². The predicted molar refractivity (Wildman–Crippen MR) is 82.9 cm³/mol. The van der Waals surface area contributed by atoms with Gasteiger partial charge >= 0.3 is 0 Å². The van der Waals surface area contributed by atoms with Crippen LogP contribution in [0.25, 0.3) is 10.9 Å². The summed E-state index contributed by atoms with van der Waals surface area (Å²) in [4.78, 5) is 17.3. The summed E-state index contributed by atoms with van der Waals surface area (Å²) in [6, 6.07) is 5.75. The van der Waals surface area contributed by atoms with E-state index in [1.54, 1.807) is 6.92 Å². The highest BCUT2D eigenvalue weighted by Gasteiger charge is 2.05. The number of hydrogen-bond donors (Lipinski definition) is 3. The van der Waals surface area contributed by atoms with Crippen LogP contribution in [0.5, 0.6) is 0 Å². The van der Waals surface area contributed by atoms with E-state index in [9.17, 15) is 4.79 Å². The van der Waals surface area contributed by atoms with Gasteiger partial charge in [-0.1, -0.05) is 11.6 Å². The smallest absolute Gasteiger partial charge is 0.273 e. The molecule has 1 aromatic carbocycles. The molecule has 2 heterocycles. The number of H-pyrrole nitrogens is 2. The van der Waals surface area contributed by atoms with Crippen molar-refractivity contribution in [3.05, 3.63) is 51.0 Å². The Morgan fingerprint density at radius 1 is 1.33 bits per heavy atom. The number of hydrogen-bond acceptors (Lipinski definition) is 4. The number of nitrogens with zero attached hydrogens (tertiary/aromatic N) is 2. The fourth-order valence-electron chi connectivity index (χ4n) is 2.15. The minimum absolute atomic E-state index is 0.230. The summed E-state index contributed by atoms with van der Waals surface area (Å²) >= 11 is 6.02. The van der Waals surface area contributed by atoms with Crippen LogP contribution in [-0.4, -0.2) is 26.7 Å². The number of rotatable bonds is 4. The number of benzene rings is 1. The lowest BCUT2D eigenvalue weighted by Gasteiger charge is -2.04. The Labute approximate surface area is 125 Å². The van der Waals surface area contributed by atoms with E-state index in [1.165, 1.54) is 0 Å². The van der Waals surface area contributed by atoms with Gasteiger partial charge in [-0.15, -0.1) is 10.2 Å². The summed E-state index contributed by atoms with van der Waals surface area (Å²) in [7, 11) is 0. The van der Waals surface area contributed by atoms with Gasteiger partial charge < -0.3 is 10.3 Å². The fourth-order valence-corrected chi connectivity index (χ4v) is 2.32. The molecular weight excluding hydrogens is 290 g/mol. The maximum atomic E-state index is 11.4. The molecule has 0 bridgehead atoms. The first-order valence-corrected chi connectivity index (χ1v) is 6.94. The van der Waals surface area contributed by atoms with E-state index in [-0.39, 0.29) is 5.56 Å². The second-order valence-electron chi connectivity index (χ2n) is 4.77. The summed E-state index contributed by atoms with van der Waals surface area (Å²) < 4.78 is 0. The molecule has 2 aromatic heterocycles. The zero-order valence-corrected chi connectivity index (χ0v) is 12.2. The van der Waals surface area contributed by atoms with Gasteiger partial charge in [-0.2, -0.15) is 0 Å². The Balaban J connectivity index is 1.70. The van der Waals surface area contributed by atoms with Gasteiger partial charge in [0.1, 0.15) is 5.69 Å². The van der Waals surface area contributed by atoms with E-state index >= 15 is 0 Å². The minimum Gasteiger partial charge on any atom is -0.361 e. The van der Waals surface area contributed by atoms with Gasteiger partial charge in [-0.05, 0) is 37.1 Å². The topological polar surface area (TPSA) is 86.5 Å². The molecule has 0 spiro atoms. The molecule has 0 fully saturated rings. The third-order valence-corrected chi connectivity index (χ3v) is 3.51. The molecule has 0 saturated carbocycles. The Morgan fingerprint density at radius 2 is 2.19 bits per heavy atom. The number of aromatic nitrogens is 4. The zero-order valence-electron chi connectivity index (χ0n) is 11.4. The monoisotopic (exact) mass is 303 g/mol. The summed E-state index contributed by atoms with van der Waals surface area (Å²) in [5.41, 5.74) is 2.33. The highest BCUT2D eigenvalue weighted by Crippen LogP contribution is 2.22. The molecule has 21 heavy (non-hydrogen) atoms. The first-order chi connectivity index (χ1) is 10.1. The lowest BCUT2D eigenvalue weighted by Crippen LogP contribution is -2.18. The number of aromatic amines is 2. The van der Waals surface area contributed by atoms with Crippen molar-refractivity contribution in [2.45, 2.75) is 13.3 Å². The number of aryl methyl sites for hydroxylation is 1. The summed E-state index contributed by atoms with van der Waals surface area (Å²) in [5, 5.41) is 12.5. The van der Waals surface area contributed by atoms with Crippen molar-refractivity contribution in [1.82, 2.24) is 20.2 Å². The van der Waals surface area contributed by atoms with Crippen molar-refractivity contribution in [3.63, 3.8) is 0 Å². The number of halogens is 1. The molecule has 0 aliphatic rings. The molecule has 3 rings (SSSR count). The van der Waals surface area contributed by atoms with E-state index in [0.717, 1.165) is 22.9 Å². The first-order valence-electron chi connectivity index (χ1n) is 6.56. The molecule has 0 radical (unpaired) electrons. The van der Waals surface area contributed by atoms with Crippen LogP contribution in [0.4, 0.5) is 5.95 Å². The predicted octanol–water partition coefficient (Wildman–Crippen LogP) is 2.26. The maximum Gasteiger partial charge on any atom is 0.273 e. The Morgan fingerprint density at radius 3 is 3.00 bits per heavy atom. The van der Waals surface area contributed by atoms with Crippen LogP contribution >= 0.6 is 11.6 Å². The van der Waals surface area contributed by atoms with Crippen molar-refractivity contribution >= 4 is 28.5 Å². The lowest BCUT2D eigenvalue weighted by molar-refractivity contribution is 0.881. The average molecular weight is 304 g/mol. The van der Waals surface area contributed by atoms with Crippen LogP contribution < -0.4 is 10.9 Å².